The van der Waals surface area contributed by atoms with Crippen molar-refractivity contribution in [1.82, 2.24) is 10.4 Å². The number of amides is 1. The van der Waals surface area contributed by atoms with E-state index in [1.54, 1.807) is 5.01 Å². The molecule has 18 heavy (non-hydrogen) atoms. The van der Waals surface area contributed by atoms with Crippen LogP contribution >= 0.6 is 0 Å². The maximum Gasteiger partial charge on any atom is 0.149 e. The van der Waals surface area contributed by atoms with Crippen molar-refractivity contribution in [3.63, 3.8) is 0 Å². The zero-order valence-electron chi connectivity index (χ0n) is 10.9. The second-order valence-corrected chi connectivity index (χ2v) is 5.40. The number of hydrogen-bond donors (Lipinski definition) is 1. The zero-order chi connectivity index (χ0) is 13.8. The molecule has 1 unspecified atom stereocenters. The van der Waals surface area contributed by atoms with Crippen molar-refractivity contribution in [2.75, 3.05) is 13.1 Å². The van der Waals surface area contributed by atoms with E-state index in [4.69, 9.17) is 5.53 Å². The molecule has 1 N–H and O–H groups in total. The summed E-state index contributed by atoms with van der Waals surface area (Å²) in [6.45, 7) is 6.82. The van der Waals surface area contributed by atoms with Crippen LogP contribution in [-0.4, -0.2) is 30.2 Å². The van der Waals surface area contributed by atoms with Gasteiger partial charge in [0, 0.05) is 24.0 Å². The van der Waals surface area contributed by atoms with Crippen LogP contribution in [0, 0.1) is 5.41 Å². The largest absolute Gasteiger partial charge is 0.529 e. The third kappa shape index (κ3) is 3.94. The Labute approximate surface area is 106 Å². The van der Waals surface area contributed by atoms with Crippen LogP contribution in [0.3, 0.4) is 0 Å². The van der Waals surface area contributed by atoms with Gasteiger partial charge in [0.1, 0.15) is 6.09 Å². The molecule has 7 nitrogen and oxygen atoms in total. The average molecular weight is 252 g/mol. The Morgan fingerprint density at radius 3 is 2.89 bits per heavy atom. The minimum Gasteiger partial charge on any atom is -0.529 e. The van der Waals surface area contributed by atoms with Gasteiger partial charge < -0.3 is 15.3 Å². The molecule has 1 rings (SSSR count). The number of carbonyl (C=O) groups excluding carboxylic acids is 1. The molecule has 0 aromatic rings. The second-order valence-electron chi connectivity index (χ2n) is 5.40. The summed E-state index contributed by atoms with van der Waals surface area (Å²) >= 11 is 0. The van der Waals surface area contributed by atoms with Crippen LogP contribution in [0.2, 0.25) is 0 Å². The maximum atomic E-state index is 10.7. The van der Waals surface area contributed by atoms with E-state index in [1.165, 1.54) is 0 Å². The van der Waals surface area contributed by atoms with Gasteiger partial charge in [-0.1, -0.05) is 37.5 Å². The van der Waals surface area contributed by atoms with Crippen LogP contribution in [0.5, 0.6) is 0 Å². The van der Waals surface area contributed by atoms with Crippen LogP contribution in [0.25, 0.3) is 10.4 Å². The number of hydrogen-bond acceptors (Lipinski definition) is 4. The highest BCUT2D eigenvalue weighted by atomic mass is 16.4. The van der Waals surface area contributed by atoms with Crippen LogP contribution in [0.4, 0.5) is 4.79 Å². The molecule has 0 aromatic heterocycles. The van der Waals surface area contributed by atoms with E-state index in [0.717, 1.165) is 5.57 Å². The van der Waals surface area contributed by atoms with Gasteiger partial charge in [-0.2, -0.15) is 0 Å². The van der Waals surface area contributed by atoms with Gasteiger partial charge in [0.2, 0.25) is 0 Å². The summed E-state index contributed by atoms with van der Waals surface area (Å²) in [4.78, 5) is 13.4. The zero-order valence-corrected chi connectivity index (χ0v) is 10.9. The topological polar surface area (TPSA) is 104 Å². The summed E-state index contributed by atoms with van der Waals surface area (Å²) in [5.74, 6) is 0. The van der Waals surface area contributed by atoms with Crippen molar-refractivity contribution in [2.24, 2.45) is 10.5 Å². The van der Waals surface area contributed by atoms with E-state index in [2.05, 4.69) is 15.5 Å². The van der Waals surface area contributed by atoms with Crippen molar-refractivity contribution in [3.8, 4) is 0 Å². The van der Waals surface area contributed by atoms with Crippen LogP contribution in [0.15, 0.2) is 16.8 Å². The second kappa shape index (κ2) is 5.75. The van der Waals surface area contributed by atoms with E-state index < -0.39 is 6.09 Å². The number of nitrogens with zero attached hydrogens (tertiary/aromatic N) is 4. The summed E-state index contributed by atoms with van der Waals surface area (Å²) in [5.41, 5.74) is 11.4. The normalized spacial score (nSPS) is 20.8. The van der Waals surface area contributed by atoms with Gasteiger partial charge in [-0.25, -0.2) is 5.01 Å². The van der Waals surface area contributed by atoms with Crippen molar-refractivity contribution < 1.29 is 9.90 Å². The van der Waals surface area contributed by atoms with E-state index in [1.807, 2.05) is 26.8 Å². The van der Waals surface area contributed by atoms with E-state index in [9.17, 15) is 9.90 Å². The maximum absolute atomic E-state index is 10.7. The molecule has 0 spiro atoms. The molecule has 100 valence electrons. The molecule has 1 aliphatic rings. The van der Waals surface area contributed by atoms with Gasteiger partial charge in [-0.05, 0) is 17.4 Å². The van der Waals surface area contributed by atoms with Crippen LogP contribution in [0.1, 0.15) is 27.2 Å². The molecule has 0 radical (unpaired) electrons. The van der Waals surface area contributed by atoms with E-state index >= 15 is 0 Å². The lowest BCUT2D eigenvalue weighted by Gasteiger charge is -2.43. The first-order chi connectivity index (χ1) is 8.34. The van der Waals surface area contributed by atoms with Gasteiger partial charge in [-0.3, -0.25) is 0 Å². The lowest BCUT2D eigenvalue weighted by atomic mass is 9.82. The number of carbonyl (C=O) groups is 1. The van der Waals surface area contributed by atoms with E-state index in [-0.39, 0.29) is 18.0 Å². The molecular formula is C11H18N5O2-. The molecule has 1 aliphatic heterocycles. The summed E-state index contributed by atoms with van der Waals surface area (Å²) in [5, 5.41) is 15.8. The molecule has 0 aromatic carbocycles. The molecule has 0 bridgehead atoms. The van der Waals surface area contributed by atoms with Crippen LogP contribution in [-0.2, 0) is 0 Å². The van der Waals surface area contributed by atoms with Gasteiger partial charge >= 0.3 is 0 Å². The number of azide groups is 1. The first-order valence-electron chi connectivity index (χ1n) is 5.77. The van der Waals surface area contributed by atoms with Gasteiger partial charge in [0.25, 0.3) is 0 Å². The number of nitrogens with one attached hydrogen (secondary N) is 1. The van der Waals surface area contributed by atoms with Gasteiger partial charge in [-0.15, -0.1) is 0 Å². The summed E-state index contributed by atoms with van der Waals surface area (Å²) in [6.07, 6.45) is 1.40. The molecule has 1 atom stereocenters. The number of hydrazine groups is 1. The minimum atomic E-state index is -1.32. The molecule has 0 saturated heterocycles. The first-order valence-corrected chi connectivity index (χ1v) is 5.77. The smallest absolute Gasteiger partial charge is 0.149 e. The van der Waals surface area contributed by atoms with E-state index in [0.29, 0.717) is 13.0 Å². The third-order valence-electron chi connectivity index (χ3n) is 2.95. The van der Waals surface area contributed by atoms with Crippen molar-refractivity contribution in [3.05, 3.63) is 22.1 Å². The predicted molar refractivity (Wildman–Crippen MR) is 65.2 cm³/mol. The fourth-order valence-electron chi connectivity index (χ4n) is 2.09. The molecule has 0 saturated carbocycles. The molecule has 7 heteroatoms. The van der Waals surface area contributed by atoms with Crippen molar-refractivity contribution in [1.29, 1.82) is 0 Å². The van der Waals surface area contributed by atoms with Crippen LogP contribution < -0.4 is 10.5 Å². The molecular weight excluding hydrogens is 234 g/mol. The Morgan fingerprint density at radius 2 is 2.39 bits per heavy atom. The predicted octanol–water partition coefficient (Wildman–Crippen LogP) is 1.19. The van der Waals surface area contributed by atoms with Crippen molar-refractivity contribution >= 4 is 6.09 Å². The highest BCUT2D eigenvalue weighted by Gasteiger charge is 2.32. The third-order valence-corrected chi connectivity index (χ3v) is 2.95. The molecule has 0 fully saturated rings. The lowest BCUT2D eigenvalue weighted by Crippen LogP contribution is -2.58. The molecule has 1 amide bonds. The SMILES string of the molecule is CC(C)(C)C1CC=C(CN=[N+]=[N-])CN1NC(=O)[O-]. The fourth-order valence-corrected chi connectivity index (χ4v) is 2.09. The minimum absolute atomic E-state index is 0.0465. The standard InChI is InChI=1S/C11H19N5O2/c1-11(2,3)9-5-4-8(6-13-15-12)7-16(9)14-10(17)18/h4,9,14H,5-7H2,1-3H3,(H,17,18)/p-1. The lowest BCUT2D eigenvalue weighted by molar-refractivity contribution is -0.258. The Morgan fingerprint density at radius 1 is 1.72 bits per heavy atom. The average Bonchev–Trinajstić information content (AvgIpc) is 2.24. The number of carboxylic acid groups (broad SMARTS) is 1. The molecule has 1 heterocycles. The summed E-state index contributed by atoms with van der Waals surface area (Å²) < 4.78 is 0. The Hall–Kier alpha value is -1.72. The monoisotopic (exact) mass is 252 g/mol. The fraction of sp³-hybridized carbons (Fsp3) is 0.727. The highest BCUT2D eigenvalue weighted by Crippen LogP contribution is 2.30. The number of rotatable bonds is 3. The Kier molecular flexibility index (Phi) is 4.58. The molecule has 0 aliphatic carbocycles. The van der Waals surface area contributed by atoms with Gasteiger partial charge in [0.15, 0.2) is 0 Å². The Bertz CT molecular complexity index is 393. The quantitative estimate of drug-likeness (QED) is 0.353. The van der Waals surface area contributed by atoms with Crippen molar-refractivity contribution in [2.45, 2.75) is 33.2 Å². The Balaban J connectivity index is 2.83. The summed E-state index contributed by atoms with van der Waals surface area (Å²) in [7, 11) is 0. The summed E-state index contributed by atoms with van der Waals surface area (Å²) in [6, 6.07) is 0.0465. The van der Waals surface area contributed by atoms with Gasteiger partial charge in [0.05, 0.1) is 0 Å². The highest BCUT2D eigenvalue weighted by molar-refractivity contribution is 5.61. The first kappa shape index (κ1) is 14.3.